The number of benzene rings is 3. The summed E-state index contributed by atoms with van der Waals surface area (Å²) >= 11 is 0. The third-order valence-corrected chi connectivity index (χ3v) is 6.83. The molecule has 4 rings (SSSR count). The molecule has 5 nitrogen and oxygen atoms in total. The van der Waals surface area contributed by atoms with Crippen molar-refractivity contribution in [2.45, 2.75) is 65.1 Å². The minimum absolute atomic E-state index is 0.0167. The van der Waals surface area contributed by atoms with Gasteiger partial charge in [-0.05, 0) is 30.5 Å². The molecule has 0 bridgehead atoms. The maximum atomic E-state index is 9.02. The lowest BCUT2D eigenvalue weighted by Crippen LogP contribution is -2.24. The zero-order valence-electron chi connectivity index (χ0n) is 22.8. The van der Waals surface area contributed by atoms with Gasteiger partial charge in [0.15, 0.2) is 0 Å². The molecule has 0 saturated heterocycles. The molecule has 200 valence electrons. The molecule has 0 aliphatic heterocycles. The highest BCUT2D eigenvalue weighted by atomic mass is 16.5. The van der Waals surface area contributed by atoms with Crippen LogP contribution in [0, 0.1) is 0 Å². The third kappa shape index (κ3) is 7.12. The first kappa shape index (κ1) is 27.6. The Kier molecular flexibility index (Phi) is 10.5. The van der Waals surface area contributed by atoms with Gasteiger partial charge in [0.25, 0.3) is 0 Å². The van der Waals surface area contributed by atoms with Gasteiger partial charge in [-0.3, -0.25) is 0 Å². The van der Waals surface area contributed by atoms with Crippen molar-refractivity contribution in [1.82, 2.24) is 14.9 Å². The maximum absolute atomic E-state index is 9.02. The van der Waals surface area contributed by atoms with Crippen LogP contribution >= 0.6 is 0 Å². The van der Waals surface area contributed by atoms with Gasteiger partial charge < -0.3 is 19.7 Å². The van der Waals surface area contributed by atoms with Crippen LogP contribution in [0.25, 0.3) is 22.6 Å². The van der Waals surface area contributed by atoms with Crippen molar-refractivity contribution in [3.05, 3.63) is 96.2 Å². The van der Waals surface area contributed by atoms with E-state index in [0.29, 0.717) is 6.61 Å². The first-order valence-corrected chi connectivity index (χ1v) is 14.0. The fraction of sp³-hybridized carbons (Fsp3) is 0.364. The van der Waals surface area contributed by atoms with E-state index in [1.54, 1.807) is 0 Å². The second kappa shape index (κ2) is 14.5. The van der Waals surface area contributed by atoms with Crippen LogP contribution in [0.15, 0.2) is 84.9 Å². The van der Waals surface area contributed by atoms with Gasteiger partial charge in [-0.25, -0.2) is 4.98 Å². The van der Waals surface area contributed by atoms with E-state index in [9.17, 15) is 0 Å². The minimum atomic E-state index is 0.0167. The Labute approximate surface area is 227 Å². The van der Waals surface area contributed by atoms with Gasteiger partial charge in [-0.1, -0.05) is 106 Å². The number of nitrogens with one attached hydrogen (secondary N) is 1. The van der Waals surface area contributed by atoms with Gasteiger partial charge >= 0.3 is 0 Å². The molecule has 2 N–H and O–H groups in total. The molecule has 38 heavy (non-hydrogen) atoms. The van der Waals surface area contributed by atoms with Crippen LogP contribution in [0.5, 0.6) is 5.75 Å². The van der Waals surface area contributed by atoms with Crippen LogP contribution in [0.4, 0.5) is 0 Å². The zero-order valence-corrected chi connectivity index (χ0v) is 22.8. The number of ether oxygens (including phenoxy) is 1. The predicted molar refractivity (Wildman–Crippen MR) is 156 cm³/mol. The summed E-state index contributed by atoms with van der Waals surface area (Å²) in [4.78, 5) is 5.31. The number of aromatic nitrogens is 2. The van der Waals surface area contributed by atoms with E-state index in [2.05, 4.69) is 96.5 Å². The van der Waals surface area contributed by atoms with E-state index < -0.39 is 0 Å². The average molecular weight is 512 g/mol. The number of hydrogen-bond donors (Lipinski definition) is 2. The second-order valence-electron chi connectivity index (χ2n) is 9.70. The molecule has 0 spiro atoms. The lowest BCUT2D eigenvalue weighted by Gasteiger charge is -2.23. The molecule has 3 aromatic carbocycles. The molecule has 0 fully saturated rings. The smallest absolute Gasteiger partial charge is 0.140 e. The number of aliphatic hydroxyl groups excluding tert-OH is 1. The fourth-order valence-corrected chi connectivity index (χ4v) is 4.83. The Balaban J connectivity index is 1.74. The lowest BCUT2D eigenvalue weighted by atomic mass is 10.0. The molecular weight excluding hydrogens is 470 g/mol. The molecule has 1 heterocycles. The summed E-state index contributed by atoms with van der Waals surface area (Å²) in [6.07, 6.45) is 5.56. The van der Waals surface area contributed by atoms with Crippen LogP contribution in [-0.2, 0) is 13.1 Å². The molecular formula is C33H41N3O2. The topological polar surface area (TPSA) is 59.3 Å². The Hall–Kier alpha value is -3.41. The summed E-state index contributed by atoms with van der Waals surface area (Å²) in [6.45, 7) is 6.52. The first-order valence-electron chi connectivity index (χ1n) is 14.0. The number of imidazole rings is 1. The third-order valence-electron chi connectivity index (χ3n) is 6.83. The van der Waals surface area contributed by atoms with Crippen LogP contribution in [0.3, 0.4) is 0 Å². The molecule has 0 amide bonds. The van der Waals surface area contributed by atoms with Crippen molar-refractivity contribution in [3.8, 4) is 28.4 Å². The summed E-state index contributed by atoms with van der Waals surface area (Å²) in [5.74, 6) is 1.82. The number of nitrogens with zero attached hydrogens (tertiary/aromatic N) is 2. The summed E-state index contributed by atoms with van der Waals surface area (Å²) in [5, 5.41) is 12.9. The van der Waals surface area contributed by atoms with Crippen molar-refractivity contribution in [2.24, 2.45) is 0 Å². The summed E-state index contributed by atoms with van der Waals surface area (Å²) in [6, 6.07) is 29.5. The van der Waals surface area contributed by atoms with Crippen molar-refractivity contribution in [3.63, 3.8) is 0 Å². The fourth-order valence-electron chi connectivity index (χ4n) is 4.83. The molecule has 0 saturated carbocycles. The highest BCUT2D eigenvalue weighted by molar-refractivity contribution is 5.69. The zero-order chi connectivity index (χ0) is 26.6. The van der Waals surface area contributed by atoms with Crippen molar-refractivity contribution in [1.29, 1.82) is 0 Å². The SMILES string of the molecule is CCCCC(NCc1ccc(OCCO)cc1)c1c(-c2ccccc2)nc(-c2ccccc2)n1CCCC. The Morgan fingerprint density at radius 1 is 0.842 bits per heavy atom. The van der Waals surface area contributed by atoms with Gasteiger partial charge in [-0.15, -0.1) is 0 Å². The maximum Gasteiger partial charge on any atom is 0.140 e. The van der Waals surface area contributed by atoms with E-state index in [-0.39, 0.29) is 12.6 Å². The quantitative estimate of drug-likeness (QED) is 0.174. The van der Waals surface area contributed by atoms with E-state index in [1.165, 1.54) is 11.3 Å². The average Bonchev–Trinajstić information content (AvgIpc) is 3.35. The van der Waals surface area contributed by atoms with Gasteiger partial charge in [0.2, 0.25) is 0 Å². The monoisotopic (exact) mass is 511 g/mol. The Morgan fingerprint density at radius 2 is 1.50 bits per heavy atom. The van der Waals surface area contributed by atoms with Crippen molar-refractivity contribution >= 4 is 0 Å². The summed E-state index contributed by atoms with van der Waals surface area (Å²) in [5.41, 5.74) is 5.86. The molecule has 4 aromatic rings. The standard InChI is InChI=1S/C33H41N3O2/c1-3-5-17-30(34-25-26-18-20-29(21-19-26)38-24-23-37)32-31(27-13-9-7-10-14-27)35-33(36(32)22-6-4-2)28-15-11-8-12-16-28/h7-16,18-21,30,34,37H,3-6,17,22-25H2,1-2H3. The van der Waals surface area contributed by atoms with Gasteiger partial charge in [0, 0.05) is 30.3 Å². The van der Waals surface area contributed by atoms with Gasteiger partial charge in [-0.2, -0.15) is 0 Å². The largest absolute Gasteiger partial charge is 0.491 e. The number of unbranched alkanes of at least 4 members (excludes halogenated alkanes) is 2. The Morgan fingerprint density at radius 3 is 2.13 bits per heavy atom. The van der Waals surface area contributed by atoms with E-state index >= 15 is 0 Å². The number of hydrogen-bond acceptors (Lipinski definition) is 4. The van der Waals surface area contributed by atoms with Crippen LogP contribution in [0.2, 0.25) is 0 Å². The lowest BCUT2D eigenvalue weighted by molar-refractivity contribution is 0.201. The van der Waals surface area contributed by atoms with Crippen molar-refractivity contribution < 1.29 is 9.84 Å². The highest BCUT2D eigenvalue weighted by Gasteiger charge is 2.25. The van der Waals surface area contributed by atoms with E-state index in [0.717, 1.165) is 73.6 Å². The van der Waals surface area contributed by atoms with Crippen LogP contribution in [0.1, 0.15) is 63.3 Å². The second-order valence-corrected chi connectivity index (χ2v) is 9.70. The molecule has 5 heteroatoms. The summed E-state index contributed by atoms with van der Waals surface area (Å²) in [7, 11) is 0. The normalized spacial score (nSPS) is 12.0. The first-order chi connectivity index (χ1) is 18.7. The van der Waals surface area contributed by atoms with Crippen molar-refractivity contribution in [2.75, 3.05) is 13.2 Å². The predicted octanol–water partition coefficient (Wildman–Crippen LogP) is 7.41. The molecule has 1 atom stereocenters. The van der Waals surface area contributed by atoms with Gasteiger partial charge in [0.05, 0.1) is 18.0 Å². The van der Waals surface area contributed by atoms with Crippen LogP contribution in [-0.4, -0.2) is 27.9 Å². The van der Waals surface area contributed by atoms with Gasteiger partial charge in [0.1, 0.15) is 18.2 Å². The Bertz CT molecular complexity index is 1220. The molecule has 0 aliphatic rings. The van der Waals surface area contributed by atoms with Crippen LogP contribution < -0.4 is 10.1 Å². The summed E-state index contributed by atoms with van der Waals surface area (Å²) < 4.78 is 8.01. The van der Waals surface area contributed by atoms with E-state index in [4.69, 9.17) is 14.8 Å². The van der Waals surface area contributed by atoms with E-state index in [1.807, 2.05) is 12.1 Å². The highest BCUT2D eigenvalue weighted by Crippen LogP contribution is 2.35. The number of aliphatic hydroxyl groups is 1. The molecule has 0 radical (unpaired) electrons. The molecule has 1 aromatic heterocycles. The molecule has 0 aliphatic carbocycles. The minimum Gasteiger partial charge on any atom is -0.491 e. The number of rotatable bonds is 15. The molecule has 1 unspecified atom stereocenters.